The zero-order valence-corrected chi connectivity index (χ0v) is 29.4. The molecule has 41 heavy (non-hydrogen) atoms. The molecule has 2 aliphatic carbocycles. The second-order valence-corrected chi connectivity index (χ2v) is 20.5. The summed E-state index contributed by atoms with van der Waals surface area (Å²) in [5.74, 6) is 0. The minimum atomic E-state index is -1.19. The van der Waals surface area contributed by atoms with E-state index >= 15 is 0 Å². The van der Waals surface area contributed by atoms with Crippen molar-refractivity contribution in [2.45, 2.75) is 153 Å². The van der Waals surface area contributed by atoms with Gasteiger partial charge in [-0.1, -0.05) is 118 Å². The van der Waals surface area contributed by atoms with E-state index in [-0.39, 0.29) is 23.5 Å². The Morgan fingerprint density at radius 1 is 0.732 bits per heavy atom. The molecule has 2 aromatic rings. The van der Waals surface area contributed by atoms with E-state index < -0.39 is 11.0 Å². The highest BCUT2D eigenvalue weighted by Gasteiger charge is 2.36. The van der Waals surface area contributed by atoms with Crippen LogP contribution in [0.15, 0.2) is 42.5 Å². The third-order valence-electron chi connectivity index (χ3n) is 9.56. The Morgan fingerprint density at radius 3 is 1.66 bits per heavy atom. The second-order valence-electron chi connectivity index (χ2n) is 15.6. The first-order valence-electron chi connectivity index (χ1n) is 16.4. The van der Waals surface area contributed by atoms with Gasteiger partial charge in [0, 0.05) is 12.7 Å². The summed E-state index contributed by atoms with van der Waals surface area (Å²) in [7, 11) is 0.658. The maximum atomic E-state index is 14.4. The van der Waals surface area contributed by atoms with Crippen LogP contribution < -0.4 is 9.61 Å². The topological polar surface area (TPSA) is 20.3 Å². The lowest BCUT2D eigenvalue weighted by atomic mass is 9.80. The zero-order chi connectivity index (χ0) is 30.0. The largest absolute Gasteiger partial charge is 0.294 e. The van der Waals surface area contributed by atoms with E-state index in [2.05, 4.69) is 102 Å². The first-order chi connectivity index (χ1) is 19.2. The predicted octanol–water partition coefficient (Wildman–Crippen LogP) is 10.2. The molecule has 228 valence electrons. The Hall–Kier alpha value is -1.18. The van der Waals surface area contributed by atoms with Gasteiger partial charge in [-0.3, -0.25) is 4.31 Å². The van der Waals surface area contributed by atoms with Gasteiger partial charge in [0.1, 0.15) is 11.0 Å². The fraction of sp³-hybridized carbons (Fsp3) is 0.676. The van der Waals surface area contributed by atoms with Crippen LogP contribution in [0.5, 0.6) is 0 Å². The van der Waals surface area contributed by atoms with Gasteiger partial charge in [0.15, 0.2) is 0 Å². The van der Waals surface area contributed by atoms with Gasteiger partial charge in [-0.05, 0) is 102 Å². The third-order valence-corrected chi connectivity index (χ3v) is 15.0. The first kappa shape index (κ1) is 32.7. The molecule has 4 heteroatoms. The lowest BCUT2D eigenvalue weighted by Gasteiger charge is -2.40. The Morgan fingerprint density at radius 2 is 1.20 bits per heavy atom. The van der Waals surface area contributed by atoms with Crippen molar-refractivity contribution in [3.8, 4) is 0 Å². The van der Waals surface area contributed by atoms with Crippen LogP contribution in [0.3, 0.4) is 0 Å². The van der Waals surface area contributed by atoms with E-state index in [9.17, 15) is 4.21 Å². The first-order valence-corrected chi connectivity index (χ1v) is 19.0. The normalized spacial score (nSPS) is 19.0. The van der Waals surface area contributed by atoms with Crippen molar-refractivity contribution in [2.75, 3.05) is 11.4 Å². The van der Waals surface area contributed by atoms with Crippen LogP contribution in [0.25, 0.3) is 0 Å². The smallest absolute Gasteiger partial charge is 0.125 e. The number of hydrogen-bond donors (Lipinski definition) is 0. The summed E-state index contributed by atoms with van der Waals surface area (Å²) in [5.41, 5.74) is 6.93. The molecule has 2 aliphatic rings. The van der Waals surface area contributed by atoms with Crippen LogP contribution in [0.1, 0.15) is 136 Å². The molecule has 1 unspecified atom stereocenters. The van der Waals surface area contributed by atoms with Crippen molar-refractivity contribution < 1.29 is 4.21 Å². The summed E-state index contributed by atoms with van der Waals surface area (Å²) in [6.07, 6.45) is 14.9. The van der Waals surface area contributed by atoms with Crippen molar-refractivity contribution in [3.05, 3.63) is 59.2 Å². The molecule has 2 fully saturated rings. The number of nitrogens with zero attached hydrogens (tertiary/aromatic N) is 1. The van der Waals surface area contributed by atoms with Crippen molar-refractivity contribution in [3.63, 3.8) is 0 Å². The van der Waals surface area contributed by atoms with Crippen molar-refractivity contribution >= 4 is 29.9 Å². The van der Waals surface area contributed by atoms with Gasteiger partial charge in [0.25, 0.3) is 0 Å². The monoisotopic (exact) mass is 595 g/mol. The SMILES string of the molecule is CN(c1cc(C(C)(C)C)cc(C(C)(C)C)c1)S(=O)C(C)(C)Cc1ccccc1P(C1CCCCC1)C1CCCCC1. The maximum absolute atomic E-state index is 14.4. The Kier molecular flexibility index (Phi) is 10.5. The van der Waals surface area contributed by atoms with Crippen LogP contribution >= 0.6 is 7.92 Å². The molecule has 0 N–H and O–H groups in total. The van der Waals surface area contributed by atoms with Gasteiger partial charge < -0.3 is 0 Å². The highest BCUT2D eigenvalue weighted by molar-refractivity contribution is 7.87. The second kappa shape index (κ2) is 13.2. The summed E-state index contributed by atoms with van der Waals surface area (Å²) in [5, 5.41) is 1.64. The van der Waals surface area contributed by atoms with E-state index in [1.165, 1.54) is 80.9 Å². The summed E-state index contributed by atoms with van der Waals surface area (Å²) in [6.45, 7) is 18.1. The van der Waals surface area contributed by atoms with Crippen LogP contribution in [0, 0.1) is 0 Å². The molecule has 2 nitrogen and oxygen atoms in total. The molecule has 0 radical (unpaired) electrons. The summed E-state index contributed by atoms with van der Waals surface area (Å²) in [6, 6.07) is 16.2. The quantitative estimate of drug-likeness (QED) is 0.278. The molecule has 0 saturated heterocycles. The summed E-state index contributed by atoms with van der Waals surface area (Å²) >= 11 is 0. The Balaban J connectivity index is 1.65. The molecular formula is C37H58NOPS. The molecule has 0 heterocycles. The van der Waals surface area contributed by atoms with E-state index in [1.807, 2.05) is 7.05 Å². The van der Waals surface area contributed by atoms with Gasteiger partial charge >= 0.3 is 0 Å². The highest BCUT2D eigenvalue weighted by Crippen LogP contribution is 2.55. The number of hydrogen-bond acceptors (Lipinski definition) is 1. The molecule has 0 spiro atoms. The van der Waals surface area contributed by atoms with Gasteiger partial charge in [0.05, 0.1) is 4.75 Å². The average molecular weight is 596 g/mol. The number of anilines is 1. The standard InChI is InChI=1S/C37H58NOPS/c1-35(2,3)29-24-30(36(4,5)6)26-31(25-29)38(9)41(39)37(7,8)27-28-18-16-17-23-34(28)40(32-19-12-10-13-20-32)33-21-14-11-15-22-33/h16-18,23-26,32-33H,10-15,19-22,27H2,1-9H3. The Labute approximate surface area is 256 Å². The van der Waals surface area contributed by atoms with Gasteiger partial charge in [0.2, 0.25) is 0 Å². The van der Waals surface area contributed by atoms with Crippen molar-refractivity contribution in [1.29, 1.82) is 0 Å². The molecule has 0 bridgehead atoms. The highest BCUT2D eigenvalue weighted by atomic mass is 32.2. The fourth-order valence-electron chi connectivity index (χ4n) is 6.97. The lowest BCUT2D eigenvalue weighted by molar-refractivity contribution is 0.487. The van der Waals surface area contributed by atoms with Gasteiger partial charge in [-0.2, -0.15) is 0 Å². The van der Waals surface area contributed by atoms with Gasteiger partial charge in [-0.15, -0.1) is 0 Å². The molecular weight excluding hydrogens is 537 g/mol. The van der Waals surface area contributed by atoms with E-state index in [4.69, 9.17) is 0 Å². The molecule has 1 atom stereocenters. The van der Waals surface area contributed by atoms with Gasteiger partial charge in [-0.25, -0.2) is 4.21 Å². The van der Waals surface area contributed by atoms with Crippen molar-refractivity contribution in [1.82, 2.24) is 0 Å². The van der Waals surface area contributed by atoms with E-state index in [0.717, 1.165) is 23.4 Å². The van der Waals surface area contributed by atoms with Crippen LogP contribution in [-0.4, -0.2) is 27.3 Å². The minimum absolute atomic E-state index is 0.0300. The summed E-state index contributed by atoms with van der Waals surface area (Å²) in [4.78, 5) is 0. The maximum Gasteiger partial charge on any atom is 0.125 e. The average Bonchev–Trinajstić information content (AvgIpc) is 2.93. The van der Waals surface area contributed by atoms with E-state index in [1.54, 1.807) is 5.30 Å². The molecule has 0 amide bonds. The Bertz CT molecular complexity index is 1130. The lowest BCUT2D eigenvalue weighted by Crippen LogP contribution is -2.40. The minimum Gasteiger partial charge on any atom is -0.294 e. The van der Waals surface area contributed by atoms with Crippen LogP contribution in [0.2, 0.25) is 0 Å². The molecule has 4 rings (SSSR count). The molecule has 0 aliphatic heterocycles. The molecule has 0 aromatic heterocycles. The molecule has 2 aromatic carbocycles. The fourth-order valence-corrected chi connectivity index (χ4v) is 12.3. The number of benzene rings is 2. The third kappa shape index (κ3) is 8.06. The van der Waals surface area contributed by atoms with Crippen LogP contribution in [0.4, 0.5) is 5.69 Å². The van der Waals surface area contributed by atoms with Crippen molar-refractivity contribution in [2.24, 2.45) is 0 Å². The zero-order valence-electron chi connectivity index (χ0n) is 27.7. The van der Waals surface area contributed by atoms with Crippen LogP contribution in [-0.2, 0) is 28.2 Å². The molecule has 2 saturated carbocycles. The van der Waals surface area contributed by atoms with E-state index in [0.29, 0.717) is 0 Å². The predicted molar refractivity (Wildman–Crippen MR) is 185 cm³/mol. The number of rotatable bonds is 8. The summed E-state index contributed by atoms with van der Waals surface area (Å²) < 4.78 is 16.1.